The molecule has 0 aromatic carbocycles. The number of hydrogen-bond acceptors (Lipinski definition) is 4. The quantitative estimate of drug-likeness (QED) is 0.598. The summed E-state index contributed by atoms with van der Waals surface area (Å²) in [4.78, 5) is 34.6. The first-order valence-corrected chi connectivity index (χ1v) is 5.65. The van der Waals surface area contributed by atoms with E-state index in [1.54, 1.807) is 20.8 Å². The third-order valence-corrected chi connectivity index (χ3v) is 1.97. The van der Waals surface area contributed by atoms with E-state index in [4.69, 9.17) is 4.74 Å². The van der Waals surface area contributed by atoms with E-state index in [1.165, 1.54) is 18.7 Å². The second-order valence-electron chi connectivity index (χ2n) is 4.78. The summed E-state index contributed by atoms with van der Waals surface area (Å²) in [6.07, 6.45) is 2.27. The molecule has 6 heteroatoms. The second-order valence-corrected chi connectivity index (χ2v) is 4.78. The highest BCUT2D eigenvalue weighted by atomic mass is 16.6. The molecule has 0 unspecified atom stereocenters. The van der Waals surface area contributed by atoms with Crippen molar-refractivity contribution in [3.63, 3.8) is 0 Å². The molecule has 0 bridgehead atoms. The smallest absolute Gasteiger partial charge is 0.407 e. The van der Waals surface area contributed by atoms with Gasteiger partial charge in [0, 0.05) is 18.7 Å². The Balaban J connectivity index is 2.18. The van der Waals surface area contributed by atoms with E-state index in [1.807, 2.05) is 0 Å². The van der Waals surface area contributed by atoms with Gasteiger partial charge in [-0.15, -0.1) is 0 Å². The Labute approximate surface area is 106 Å². The van der Waals surface area contributed by atoms with Crippen LogP contribution in [-0.2, 0) is 14.3 Å². The van der Waals surface area contributed by atoms with Gasteiger partial charge < -0.3 is 10.1 Å². The maximum Gasteiger partial charge on any atom is 0.407 e. The first-order valence-electron chi connectivity index (χ1n) is 5.65. The SMILES string of the molecule is CC(C)(C)OC(=O)NCC[CH]N1C(=O)C=CC1=O. The standard InChI is InChI=1S/C12H17N2O4/c1-12(2,3)18-11(17)13-7-4-8-14-9(15)5-6-10(14)16/h5-6,8H,4,7H2,1-3H3,(H,13,17). The molecule has 0 saturated carbocycles. The van der Waals surface area contributed by atoms with Gasteiger partial charge in [0.05, 0.1) is 6.54 Å². The molecule has 0 atom stereocenters. The Kier molecular flexibility index (Phi) is 4.47. The summed E-state index contributed by atoms with van der Waals surface area (Å²) in [7, 11) is 0. The molecule has 0 saturated heterocycles. The Morgan fingerprint density at radius 1 is 1.33 bits per heavy atom. The van der Waals surface area contributed by atoms with Gasteiger partial charge in [0.25, 0.3) is 11.8 Å². The van der Waals surface area contributed by atoms with Gasteiger partial charge in [-0.2, -0.15) is 0 Å². The summed E-state index contributed by atoms with van der Waals surface area (Å²) >= 11 is 0. The average molecular weight is 253 g/mol. The minimum Gasteiger partial charge on any atom is -0.444 e. The molecule has 99 valence electrons. The van der Waals surface area contributed by atoms with E-state index in [-0.39, 0.29) is 11.8 Å². The number of amides is 3. The summed E-state index contributed by atoms with van der Waals surface area (Å²) in [5, 5.41) is 2.53. The van der Waals surface area contributed by atoms with E-state index < -0.39 is 11.7 Å². The van der Waals surface area contributed by atoms with Crippen LogP contribution in [0.2, 0.25) is 0 Å². The van der Waals surface area contributed by atoms with Crippen molar-refractivity contribution in [3.05, 3.63) is 18.7 Å². The zero-order valence-electron chi connectivity index (χ0n) is 10.7. The Bertz CT molecular complexity index is 364. The molecule has 1 radical (unpaired) electrons. The Morgan fingerprint density at radius 3 is 2.39 bits per heavy atom. The van der Waals surface area contributed by atoms with Crippen LogP contribution in [0.15, 0.2) is 12.2 Å². The summed E-state index contributed by atoms with van der Waals surface area (Å²) in [5.74, 6) is -0.727. The summed E-state index contributed by atoms with van der Waals surface area (Å²) in [6.45, 7) is 7.05. The van der Waals surface area contributed by atoms with Crippen LogP contribution in [-0.4, -0.2) is 35.0 Å². The molecule has 0 aromatic rings. The first kappa shape index (κ1) is 14.2. The molecular formula is C12H17N2O4. The third-order valence-electron chi connectivity index (χ3n) is 1.97. The number of ether oxygens (including phenoxy) is 1. The van der Waals surface area contributed by atoms with Crippen LogP contribution in [0.3, 0.4) is 0 Å². The van der Waals surface area contributed by atoms with Crippen molar-refractivity contribution in [2.24, 2.45) is 0 Å². The molecule has 18 heavy (non-hydrogen) atoms. The summed E-state index contributed by atoms with van der Waals surface area (Å²) < 4.78 is 5.03. The van der Waals surface area contributed by atoms with Gasteiger partial charge in [-0.05, 0) is 27.2 Å². The molecule has 1 heterocycles. The van der Waals surface area contributed by atoms with Crippen molar-refractivity contribution >= 4 is 17.9 Å². The van der Waals surface area contributed by atoms with Crippen molar-refractivity contribution in [2.45, 2.75) is 32.8 Å². The van der Waals surface area contributed by atoms with Crippen LogP contribution in [0.25, 0.3) is 0 Å². The largest absolute Gasteiger partial charge is 0.444 e. The number of hydrogen-bond donors (Lipinski definition) is 1. The van der Waals surface area contributed by atoms with E-state index in [2.05, 4.69) is 5.32 Å². The topological polar surface area (TPSA) is 75.7 Å². The number of carbonyl (C=O) groups excluding carboxylic acids is 3. The van der Waals surface area contributed by atoms with Gasteiger partial charge >= 0.3 is 6.09 Å². The molecule has 1 N–H and O–H groups in total. The van der Waals surface area contributed by atoms with Gasteiger partial charge in [-0.25, -0.2) is 4.79 Å². The van der Waals surface area contributed by atoms with Crippen molar-refractivity contribution in [2.75, 3.05) is 6.54 Å². The average Bonchev–Trinajstić information content (AvgIpc) is 2.52. The van der Waals surface area contributed by atoms with E-state index in [9.17, 15) is 14.4 Å². The second kappa shape index (κ2) is 5.66. The summed E-state index contributed by atoms with van der Waals surface area (Å²) in [5.41, 5.74) is -0.543. The van der Waals surface area contributed by atoms with Gasteiger partial charge in [0.2, 0.25) is 0 Å². The van der Waals surface area contributed by atoms with Gasteiger partial charge in [-0.1, -0.05) is 0 Å². The van der Waals surface area contributed by atoms with Crippen LogP contribution in [0.5, 0.6) is 0 Å². The lowest BCUT2D eigenvalue weighted by Crippen LogP contribution is -2.34. The van der Waals surface area contributed by atoms with Gasteiger partial charge in [0.1, 0.15) is 5.60 Å². The van der Waals surface area contributed by atoms with Crippen LogP contribution in [0.4, 0.5) is 4.79 Å². The predicted molar refractivity (Wildman–Crippen MR) is 64.1 cm³/mol. The first-order chi connectivity index (χ1) is 8.29. The van der Waals surface area contributed by atoms with Crippen LogP contribution in [0, 0.1) is 6.54 Å². The predicted octanol–water partition coefficient (Wildman–Crippen LogP) is 0.988. The number of imide groups is 1. The maximum absolute atomic E-state index is 11.3. The van der Waals surface area contributed by atoms with E-state index in [0.29, 0.717) is 13.0 Å². The third kappa shape index (κ3) is 4.57. The maximum atomic E-state index is 11.3. The molecular weight excluding hydrogens is 236 g/mol. The molecule has 0 aliphatic carbocycles. The highest BCUT2D eigenvalue weighted by Gasteiger charge is 2.23. The monoisotopic (exact) mass is 253 g/mol. The fourth-order valence-corrected chi connectivity index (χ4v) is 1.27. The van der Waals surface area contributed by atoms with Gasteiger partial charge in [-0.3, -0.25) is 14.5 Å². The van der Waals surface area contributed by atoms with Crippen molar-refractivity contribution in [3.8, 4) is 0 Å². The molecule has 3 amide bonds. The molecule has 1 aliphatic rings. The van der Waals surface area contributed by atoms with Crippen LogP contribution >= 0.6 is 0 Å². The lowest BCUT2D eigenvalue weighted by molar-refractivity contribution is -0.134. The Morgan fingerprint density at radius 2 is 1.89 bits per heavy atom. The Hall–Kier alpha value is -1.85. The van der Waals surface area contributed by atoms with Gasteiger partial charge in [0.15, 0.2) is 0 Å². The van der Waals surface area contributed by atoms with Crippen LogP contribution < -0.4 is 5.32 Å². The number of nitrogens with zero attached hydrogens (tertiary/aromatic N) is 1. The van der Waals surface area contributed by atoms with Crippen molar-refractivity contribution in [1.29, 1.82) is 0 Å². The number of rotatable bonds is 4. The highest BCUT2D eigenvalue weighted by molar-refractivity contribution is 6.13. The molecule has 0 fully saturated rings. The van der Waals surface area contributed by atoms with Crippen molar-refractivity contribution < 1.29 is 19.1 Å². The van der Waals surface area contributed by atoms with E-state index >= 15 is 0 Å². The lowest BCUT2D eigenvalue weighted by Gasteiger charge is -2.20. The number of carbonyl (C=O) groups is 3. The zero-order chi connectivity index (χ0) is 13.8. The van der Waals surface area contributed by atoms with Crippen molar-refractivity contribution in [1.82, 2.24) is 10.2 Å². The molecule has 6 nitrogen and oxygen atoms in total. The highest BCUT2D eigenvalue weighted by Crippen LogP contribution is 2.08. The normalized spacial score (nSPS) is 15.2. The lowest BCUT2D eigenvalue weighted by atomic mass is 10.2. The number of nitrogens with one attached hydrogen (secondary N) is 1. The fraction of sp³-hybridized carbons (Fsp3) is 0.500. The molecule has 1 aliphatic heterocycles. The fourth-order valence-electron chi connectivity index (χ4n) is 1.27. The minimum absolute atomic E-state index is 0.298. The summed E-state index contributed by atoms with van der Waals surface area (Å²) in [6, 6.07) is 0. The van der Waals surface area contributed by atoms with Crippen LogP contribution in [0.1, 0.15) is 27.2 Å². The molecule has 0 aromatic heterocycles. The zero-order valence-corrected chi connectivity index (χ0v) is 10.7. The number of alkyl carbamates (subject to hydrolysis) is 1. The molecule has 1 rings (SSSR count). The van der Waals surface area contributed by atoms with E-state index in [0.717, 1.165) is 4.90 Å². The molecule has 0 spiro atoms. The minimum atomic E-state index is -0.543.